The number of aromatic nitrogens is 3. The molecule has 4 nitrogen and oxygen atoms in total. The van der Waals surface area contributed by atoms with E-state index in [1.807, 2.05) is 19.2 Å². The number of nitrogens with zero attached hydrogens (tertiary/aromatic N) is 3. The Balaban J connectivity index is 2.62. The van der Waals surface area contributed by atoms with Crippen LogP contribution in [-0.4, -0.2) is 22.1 Å². The van der Waals surface area contributed by atoms with Gasteiger partial charge in [0.25, 0.3) is 0 Å². The summed E-state index contributed by atoms with van der Waals surface area (Å²) in [7, 11) is 3.51. The third-order valence-corrected chi connectivity index (χ3v) is 2.90. The Morgan fingerprint density at radius 3 is 2.44 bits per heavy atom. The lowest BCUT2D eigenvalue weighted by atomic mass is 9.85. The third-order valence-electron chi connectivity index (χ3n) is 2.90. The largest absolute Gasteiger partial charge is 0.496 e. The number of benzene rings is 1. The van der Waals surface area contributed by atoms with Crippen molar-refractivity contribution in [2.24, 2.45) is 7.05 Å². The molecule has 0 fully saturated rings. The molecule has 0 aliphatic rings. The van der Waals surface area contributed by atoms with Crippen LogP contribution >= 0.6 is 0 Å². The number of para-hydroxylation sites is 1. The van der Waals surface area contributed by atoms with Gasteiger partial charge in [0.05, 0.1) is 13.3 Å². The first-order valence-electron chi connectivity index (χ1n) is 5.97. The number of hydrogen-bond acceptors (Lipinski definition) is 3. The van der Waals surface area contributed by atoms with Crippen LogP contribution in [0.1, 0.15) is 26.3 Å². The molecule has 18 heavy (non-hydrogen) atoms. The SMILES string of the molecule is COc1c(-c2cnn(C)n2)cccc1C(C)(C)C. The molecule has 0 aliphatic heterocycles. The predicted molar refractivity (Wildman–Crippen MR) is 71.7 cm³/mol. The average Bonchev–Trinajstić information content (AvgIpc) is 2.73. The van der Waals surface area contributed by atoms with Crippen LogP contribution in [0.25, 0.3) is 11.3 Å². The van der Waals surface area contributed by atoms with Gasteiger partial charge in [0.15, 0.2) is 0 Å². The molecule has 0 saturated carbocycles. The fraction of sp³-hybridized carbons (Fsp3) is 0.429. The molecule has 0 N–H and O–H groups in total. The van der Waals surface area contributed by atoms with Gasteiger partial charge < -0.3 is 4.74 Å². The van der Waals surface area contributed by atoms with Crippen LogP contribution in [0.15, 0.2) is 24.4 Å². The van der Waals surface area contributed by atoms with Crippen molar-refractivity contribution in [1.82, 2.24) is 15.0 Å². The Labute approximate surface area is 108 Å². The van der Waals surface area contributed by atoms with Crippen molar-refractivity contribution >= 4 is 0 Å². The lowest BCUT2D eigenvalue weighted by Crippen LogP contribution is -2.13. The molecule has 0 aliphatic carbocycles. The van der Waals surface area contributed by atoms with E-state index in [4.69, 9.17) is 4.74 Å². The second-order valence-electron chi connectivity index (χ2n) is 5.36. The van der Waals surface area contributed by atoms with Crippen molar-refractivity contribution in [1.29, 1.82) is 0 Å². The molecule has 0 bridgehead atoms. The summed E-state index contributed by atoms with van der Waals surface area (Å²) in [6.07, 6.45) is 1.75. The summed E-state index contributed by atoms with van der Waals surface area (Å²) in [4.78, 5) is 1.55. The normalized spacial score (nSPS) is 11.6. The van der Waals surface area contributed by atoms with Gasteiger partial charge in [-0.25, -0.2) is 0 Å². The van der Waals surface area contributed by atoms with Crippen molar-refractivity contribution in [3.05, 3.63) is 30.0 Å². The molecule has 0 atom stereocenters. The molecule has 0 radical (unpaired) electrons. The number of aryl methyl sites for hydroxylation is 1. The molecule has 2 aromatic rings. The van der Waals surface area contributed by atoms with E-state index in [0.717, 1.165) is 17.0 Å². The molecular formula is C14H19N3O. The minimum absolute atomic E-state index is 0.0313. The summed E-state index contributed by atoms with van der Waals surface area (Å²) in [5.41, 5.74) is 3.02. The van der Waals surface area contributed by atoms with Gasteiger partial charge in [-0.05, 0) is 11.5 Å². The van der Waals surface area contributed by atoms with E-state index in [9.17, 15) is 0 Å². The van der Waals surface area contributed by atoms with Crippen molar-refractivity contribution in [3.63, 3.8) is 0 Å². The highest BCUT2D eigenvalue weighted by Crippen LogP contribution is 2.38. The van der Waals surface area contributed by atoms with Crippen molar-refractivity contribution in [2.75, 3.05) is 7.11 Å². The number of rotatable bonds is 2. The summed E-state index contributed by atoms with van der Waals surface area (Å²) in [5.74, 6) is 0.880. The van der Waals surface area contributed by atoms with Crippen LogP contribution < -0.4 is 4.74 Å². The summed E-state index contributed by atoms with van der Waals surface area (Å²) in [6.45, 7) is 6.52. The minimum Gasteiger partial charge on any atom is -0.496 e. The zero-order valence-electron chi connectivity index (χ0n) is 11.6. The summed E-state index contributed by atoms with van der Waals surface area (Å²) < 4.78 is 5.59. The van der Waals surface area contributed by atoms with E-state index < -0.39 is 0 Å². The Morgan fingerprint density at radius 2 is 1.94 bits per heavy atom. The first-order valence-corrected chi connectivity index (χ1v) is 5.97. The molecule has 4 heteroatoms. The lowest BCUT2D eigenvalue weighted by Gasteiger charge is -2.23. The standard InChI is InChI=1S/C14H19N3O/c1-14(2,3)11-8-6-7-10(13(11)18-5)12-9-15-17(4)16-12/h6-9H,1-5H3. The average molecular weight is 245 g/mol. The van der Waals surface area contributed by atoms with E-state index in [1.165, 1.54) is 5.56 Å². The maximum Gasteiger partial charge on any atom is 0.132 e. The van der Waals surface area contributed by atoms with Gasteiger partial charge in [-0.3, -0.25) is 0 Å². The Morgan fingerprint density at radius 1 is 1.22 bits per heavy atom. The first-order chi connectivity index (χ1) is 8.43. The van der Waals surface area contributed by atoms with Gasteiger partial charge in [0.2, 0.25) is 0 Å². The second-order valence-corrected chi connectivity index (χ2v) is 5.36. The maximum absolute atomic E-state index is 5.59. The highest BCUT2D eigenvalue weighted by atomic mass is 16.5. The van der Waals surface area contributed by atoms with Crippen molar-refractivity contribution in [3.8, 4) is 17.0 Å². The van der Waals surface area contributed by atoms with E-state index in [0.29, 0.717) is 0 Å². The van der Waals surface area contributed by atoms with Crippen molar-refractivity contribution in [2.45, 2.75) is 26.2 Å². The minimum atomic E-state index is 0.0313. The van der Waals surface area contributed by atoms with Crippen LogP contribution in [0.3, 0.4) is 0 Å². The molecule has 0 saturated heterocycles. The fourth-order valence-corrected chi connectivity index (χ4v) is 2.02. The summed E-state index contributed by atoms with van der Waals surface area (Å²) in [6, 6.07) is 6.14. The van der Waals surface area contributed by atoms with Gasteiger partial charge in [0.1, 0.15) is 11.4 Å². The van der Waals surface area contributed by atoms with Gasteiger partial charge in [-0.2, -0.15) is 15.0 Å². The zero-order chi connectivity index (χ0) is 13.3. The second kappa shape index (κ2) is 4.44. The molecule has 0 unspecified atom stereocenters. The van der Waals surface area contributed by atoms with Crippen LogP contribution in [0, 0.1) is 0 Å². The van der Waals surface area contributed by atoms with Gasteiger partial charge in [0, 0.05) is 18.2 Å². The van der Waals surface area contributed by atoms with Crippen LogP contribution in [-0.2, 0) is 12.5 Å². The number of hydrogen-bond donors (Lipinski definition) is 0. The smallest absolute Gasteiger partial charge is 0.132 e. The highest BCUT2D eigenvalue weighted by molar-refractivity contribution is 5.69. The van der Waals surface area contributed by atoms with Gasteiger partial charge in [-0.15, -0.1) is 0 Å². The monoisotopic (exact) mass is 245 g/mol. The molecule has 96 valence electrons. The zero-order valence-corrected chi connectivity index (χ0v) is 11.6. The molecule has 1 heterocycles. The number of methoxy groups -OCH3 is 1. The molecule has 0 spiro atoms. The highest BCUT2D eigenvalue weighted by Gasteiger charge is 2.22. The molecule has 2 rings (SSSR count). The first kappa shape index (κ1) is 12.6. The topological polar surface area (TPSA) is 39.9 Å². The van der Waals surface area contributed by atoms with E-state index >= 15 is 0 Å². The summed E-state index contributed by atoms with van der Waals surface area (Å²) >= 11 is 0. The molecule has 0 amide bonds. The van der Waals surface area contributed by atoms with Crippen molar-refractivity contribution < 1.29 is 4.74 Å². The summed E-state index contributed by atoms with van der Waals surface area (Å²) in [5, 5.41) is 8.45. The van der Waals surface area contributed by atoms with Gasteiger partial charge in [-0.1, -0.05) is 32.9 Å². The van der Waals surface area contributed by atoms with Crippen LogP contribution in [0.4, 0.5) is 0 Å². The fourth-order valence-electron chi connectivity index (χ4n) is 2.02. The lowest BCUT2D eigenvalue weighted by molar-refractivity contribution is 0.399. The van der Waals surface area contributed by atoms with E-state index in [1.54, 1.807) is 18.1 Å². The quantitative estimate of drug-likeness (QED) is 0.816. The van der Waals surface area contributed by atoms with Crippen LogP contribution in [0.2, 0.25) is 0 Å². The van der Waals surface area contributed by atoms with E-state index in [-0.39, 0.29) is 5.41 Å². The number of ether oxygens (including phenoxy) is 1. The molecule has 1 aromatic carbocycles. The van der Waals surface area contributed by atoms with Gasteiger partial charge >= 0.3 is 0 Å². The van der Waals surface area contributed by atoms with Crippen LogP contribution in [0.5, 0.6) is 5.75 Å². The molecular weight excluding hydrogens is 226 g/mol. The Kier molecular flexibility index (Phi) is 3.11. The third kappa shape index (κ3) is 2.23. The molecule has 1 aromatic heterocycles. The Hall–Kier alpha value is -1.84. The van der Waals surface area contributed by atoms with E-state index in [2.05, 4.69) is 37.0 Å². The maximum atomic E-state index is 5.59. The Bertz CT molecular complexity index is 552. The predicted octanol–water partition coefficient (Wildman–Crippen LogP) is 2.79.